The van der Waals surface area contributed by atoms with Crippen molar-refractivity contribution in [2.45, 2.75) is 25.2 Å². The van der Waals surface area contributed by atoms with Crippen LogP contribution in [0.2, 0.25) is 0 Å². The summed E-state index contributed by atoms with van der Waals surface area (Å²) >= 11 is 0. The molecule has 25 heavy (non-hydrogen) atoms. The average molecular weight is 339 g/mol. The first-order valence-corrected chi connectivity index (χ1v) is 8.08. The molecule has 1 aliphatic rings. The van der Waals surface area contributed by atoms with Gasteiger partial charge in [-0.15, -0.1) is 0 Å². The fourth-order valence-corrected chi connectivity index (χ4v) is 2.96. The number of likely N-dealkylation sites (tertiary alicyclic amines) is 1. The Hall–Kier alpha value is -2.85. The van der Waals surface area contributed by atoms with Gasteiger partial charge >= 0.3 is 0 Å². The van der Waals surface area contributed by atoms with Crippen LogP contribution in [-0.4, -0.2) is 46.1 Å². The summed E-state index contributed by atoms with van der Waals surface area (Å²) in [7, 11) is 0. The van der Waals surface area contributed by atoms with Gasteiger partial charge < -0.3 is 5.32 Å². The lowest BCUT2D eigenvalue weighted by Crippen LogP contribution is -2.40. The molecule has 1 saturated heterocycles. The fraction of sp³-hybridized carbons (Fsp3) is 0.333. The lowest BCUT2D eigenvalue weighted by Gasteiger charge is -2.23. The third-order valence-corrected chi connectivity index (χ3v) is 4.19. The van der Waals surface area contributed by atoms with Crippen molar-refractivity contribution in [3.8, 4) is 6.07 Å². The smallest absolute Gasteiger partial charge is 0.251 e. The Morgan fingerprint density at radius 2 is 2.16 bits per heavy atom. The highest BCUT2D eigenvalue weighted by atomic mass is 19.1. The van der Waals surface area contributed by atoms with Gasteiger partial charge in [0.1, 0.15) is 12.0 Å². The van der Waals surface area contributed by atoms with Crippen LogP contribution in [0.1, 0.15) is 28.2 Å². The maximum Gasteiger partial charge on any atom is 0.251 e. The summed E-state index contributed by atoms with van der Waals surface area (Å²) in [5.74, 6) is 0.366. The second-order valence-corrected chi connectivity index (χ2v) is 5.98. The van der Waals surface area contributed by atoms with Gasteiger partial charge in [-0.05, 0) is 30.7 Å². The summed E-state index contributed by atoms with van der Waals surface area (Å²) in [6, 6.07) is 10.1. The summed E-state index contributed by atoms with van der Waals surface area (Å²) in [5, 5.41) is 11.7. The van der Waals surface area contributed by atoms with Crippen LogP contribution in [-0.2, 0) is 6.54 Å². The van der Waals surface area contributed by atoms with Crippen LogP contribution in [0.25, 0.3) is 0 Å². The van der Waals surface area contributed by atoms with E-state index >= 15 is 0 Å². The quantitative estimate of drug-likeness (QED) is 0.896. The molecule has 1 aromatic carbocycles. The third-order valence-electron chi connectivity index (χ3n) is 4.19. The van der Waals surface area contributed by atoms with Gasteiger partial charge in [-0.3, -0.25) is 9.69 Å². The minimum atomic E-state index is -0.924. The van der Waals surface area contributed by atoms with Gasteiger partial charge in [0, 0.05) is 37.1 Å². The Morgan fingerprint density at radius 3 is 2.92 bits per heavy atom. The molecular weight excluding hydrogens is 321 g/mol. The monoisotopic (exact) mass is 339 g/mol. The molecule has 0 aliphatic carbocycles. The zero-order valence-corrected chi connectivity index (χ0v) is 13.6. The number of hydrogen-bond acceptors (Lipinski definition) is 5. The number of nitrogens with zero attached hydrogens (tertiary/aromatic N) is 4. The number of nitriles is 1. The van der Waals surface area contributed by atoms with Crippen molar-refractivity contribution < 1.29 is 9.18 Å². The van der Waals surface area contributed by atoms with Crippen molar-refractivity contribution >= 4 is 5.91 Å². The van der Waals surface area contributed by atoms with E-state index in [-0.39, 0.29) is 11.9 Å². The minimum absolute atomic E-state index is 0.109. The summed E-state index contributed by atoms with van der Waals surface area (Å²) < 4.78 is 13.8. The fourth-order valence-electron chi connectivity index (χ4n) is 2.96. The van der Waals surface area contributed by atoms with E-state index in [9.17, 15) is 9.18 Å². The van der Waals surface area contributed by atoms with Crippen molar-refractivity contribution in [3.63, 3.8) is 0 Å². The average Bonchev–Trinajstić information content (AvgIpc) is 2.99. The predicted octanol–water partition coefficient (Wildman–Crippen LogP) is 1.69. The van der Waals surface area contributed by atoms with Crippen LogP contribution in [0, 0.1) is 11.3 Å². The highest BCUT2D eigenvalue weighted by Gasteiger charge is 2.32. The molecule has 6 nitrogen and oxygen atoms in total. The van der Waals surface area contributed by atoms with Crippen molar-refractivity contribution in [1.29, 1.82) is 5.26 Å². The number of rotatable bonds is 5. The number of aromatic nitrogens is 2. The second-order valence-electron chi connectivity index (χ2n) is 5.98. The van der Waals surface area contributed by atoms with Crippen LogP contribution >= 0.6 is 0 Å². The molecular formula is C18H18FN5O. The molecule has 3 rings (SSSR count). The Labute approximate surface area is 145 Å². The number of amides is 1. The molecule has 0 spiro atoms. The number of carbonyl (C=O) groups is 1. The van der Waals surface area contributed by atoms with Crippen LogP contribution in [0.15, 0.2) is 42.7 Å². The summed E-state index contributed by atoms with van der Waals surface area (Å²) in [6.45, 7) is 1.09. The van der Waals surface area contributed by atoms with Gasteiger partial charge in [0.15, 0.2) is 0 Å². The van der Waals surface area contributed by atoms with Crippen LogP contribution in [0.3, 0.4) is 0 Å². The van der Waals surface area contributed by atoms with Crippen LogP contribution in [0.4, 0.5) is 4.39 Å². The van der Waals surface area contributed by atoms with Crippen molar-refractivity contribution in [3.05, 3.63) is 59.7 Å². The van der Waals surface area contributed by atoms with E-state index in [0.29, 0.717) is 43.0 Å². The standard InChI is InChI=1S/C18H18FN5O/c19-15-8-16(24(11-15)12-17-21-5-2-6-22-17)10-23-18(25)14-4-1-3-13(7-14)9-20/h1-7,15-16H,8,10-12H2,(H,23,25)/t15-,16-/m0/s1. The minimum Gasteiger partial charge on any atom is -0.350 e. The molecule has 1 amide bonds. The molecule has 1 aliphatic heterocycles. The molecule has 0 saturated carbocycles. The highest BCUT2D eigenvalue weighted by molar-refractivity contribution is 5.94. The second kappa shape index (κ2) is 7.81. The molecule has 1 N–H and O–H groups in total. The molecule has 1 fully saturated rings. The number of carbonyl (C=O) groups excluding carboxylic acids is 1. The normalized spacial score (nSPS) is 20.2. The van der Waals surface area contributed by atoms with Gasteiger partial charge in [-0.25, -0.2) is 14.4 Å². The van der Waals surface area contributed by atoms with E-state index in [4.69, 9.17) is 5.26 Å². The van der Waals surface area contributed by atoms with E-state index in [1.165, 1.54) is 6.07 Å². The van der Waals surface area contributed by atoms with Crippen LogP contribution in [0.5, 0.6) is 0 Å². The first-order valence-electron chi connectivity index (χ1n) is 8.08. The lowest BCUT2D eigenvalue weighted by atomic mass is 10.1. The van der Waals surface area contributed by atoms with E-state index in [1.807, 2.05) is 11.0 Å². The van der Waals surface area contributed by atoms with E-state index in [0.717, 1.165) is 0 Å². The zero-order chi connectivity index (χ0) is 17.6. The molecule has 7 heteroatoms. The highest BCUT2D eigenvalue weighted by Crippen LogP contribution is 2.21. The lowest BCUT2D eigenvalue weighted by molar-refractivity contribution is 0.0939. The van der Waals surface area contributed by atoms with E-state index in [1.54, 1.807) is 36.7 Å². The van der Waals surface area contributed by atoms with E-state index < -0.39 is 6.17 Å². The third kappa shape index (κ3) is 4.37. The summed E-state index contributed by atoms with van der Waals surface area (Å²) in [4.78, 5) is 22.5. The van der Waals surface area contributed by atoms with Gasteiger partial charge in [-0.2, -0.15) is 5.26 Å². The Balaban J connectivity index is 1.60. The Kier molecular flexibility index (Phi) is 5.31. The van der Waals surface area contributed by atoms with Crippen molar-refractivity contribution in [1.82, 2.24) is 20.2 Å². The van der Waals surface area contributed by atoms with E-state index in [2.05, 4.69) is 15.3 Å². The number of nitrogens with one attached hydrogen (secondary N) is 1. The topological polar surface area (TPSA) is 81.9 Å². The molecule has 2 atom stereocenters. The number of halogens is 1. The van der Waals surface area contributed by atoms with Gasteiger partial charge in [0.2, 0.25) is 0 Å². The largest absolute Gasteiger partial charge is 0.350 e. The van der Waals surface area contributed by atoms with Gasteiger partial charge in [0.05, 0.1) is 18.2 Å². The summed E-state index contributed by atoms with van der Waals surface area (Å²) in [6.07, 6.45) is 2.76. The first kappa shape index (κ1) is 17.0. The van der Waals surface area contributed by atoms with Gasteiger partial charge in [-0.1, -0.05) is 6.07 Å². The Bertz CT molecular complexity index is 777. The summed E-state index contributed by atoms with van der Waals surface area (Å²) in [5.41, 5.74) is 0.854. The van der Waals surface area contributed by atoms with Crippen molar-refractivity contribution in [2.75, 3.05) is 13.1 Å². The maximum absolute atomic E-state index is 13.8. The zero-order valence-electron chi connectivity index (χ0n) is 13.6. The molecule has 2 aromatic rings. The maximum atomic E-state index is 13.8. The molecule has 1 aromatic heterocycles. The number of benzene rings is 1. The SMILES string of the molecule is N#Cc1cccc(C(=O)NC[C@@H]2C[C@H](F)CN2Cc2ncccn2)c1. The van der Waals surface area contributed by atoms with Crippen molar-refractivity contribution in [2.24, 2.45) is 0 Å². The first-order chi connectivity index (χ1) is 12.2. The predicted molar refractivity (Wildman–Crippen MR) is 89.2 cm³/mol. The molecule has 0 radical (unpaired) electrons. The van der Waals surface area contributed by atoms with Crippen LogP contribution < -0.4 is 5.32 Å². The molecule has 128 valence electrons. The number of hydrogen-bond donors (Lipinski definition) is 1. The Morgan fingerprint density at radius 1 is 1.36 bits per heavy atom. The molecule has 2 heterocycles. The number of alkyl halides is 1. The molecule has 0 unspecified atom stereocenters. The molecule has 0 bridgehead atoms. The van der Waals surface area contributed by atoms with Gasteiger partial charge in [0.25, 0.3) is 5.91 Å².